The van der Waals surface area contributed by atoms with E-state index in [0.717, 1.165) is 59.5 Å². The summed E-state index contributed by atoms with van der Waals surface area (Å²) < 4.78 is 41.8. The molecule has 0 bridgehead atoms. The lowest BCUT2D eigenvalue weighted by atomic mass is 9.86. The number of sulfone groups is 1. The van der Waals surface area contributed by atoms with E-state index < -0.39 is 9.84 Å². The van der Waals surface area contributed by atoms with Gasteiger partial charge in [-0.15, -0.1) is 11.3 Å². The molecule has 11 heteroatoms. The number of fused-ring (bicyclic) bond motifs is 3. The highest BCUT2D eigenvalue weighted by atomic mass is 35.5. The number of ether oxygens (including phenoxy) is 1. The number of hydrogen-bond donors (Lipinski definition) is 2. The minimum Gasteiger partial charge on any atom is -0.487 e. The monoisotopic (exact) mass is 588 g/mol. The minimum absolute atomic E-state index is 0.169. The number of benzene rings is 2. The van der Waals surface area contributed by atoms with E-state index in [1.54, 1.807) is 41.9 Å². The third-order valence-electron chi connectivity index (χ3n) is 6.80. The zero-order valence-electron chi connectivity index (χ0n) is 21.5. The Morgan fingerprint density at radius 3 is 2.85 bits per heavy atom. The van der Waals surface area contributed by atoms with Crippen molar-refractivity contribution in [2.45, 2.75) is 32.3 Å². The number of nitrogens with one attached hydrogen (secondary N) is 2. The Balaban J connectivity index is 1.23. The summed E-state index contributed by atoms with van der Waals surface area (Å²) in [6.45, 7) is 1.53. The molecule has 0 radical (unpaired) electrons. The lowest BCUT2D eigenvalue weighted by molar-refractivity contribution is 0.306. The average Bonchev–Trinajstić information content (AvgIpc) is 3.26. The van der Waals surface area contributed by atoms with Gasteiger partial charge < -0.3 is 15.4 Å². The van der Waals surface area contributed by atoms with Gasteiger partial charge in [-0.25, -0.2) is 22.8 Å². The summed E-state index contributed by atoms with van der Waals surface area (Å²) in [6, 6.07) is 11.8. The van der Waals surface area contributed by atoms with Crippen molar-refractivity contribution in [3.63, 3.8) is 0 Å². The van der Waals surface area contributed by atoms with Crippen molar-refractivity contribution in [2.75, 3.05) is 30.4 Å². The zero-order valence-corrected chi connectivity index (χ0v) is 23.9. The van der Waals surface area contributed by atoms with Gasteiger partial charge in [-0.1, -0.05) is 23.7 Å². The third-order valence-corrected chi connectivity index (χ3v) is 9.21. The van der Waals surface area contributed by atoms with Gasteiger partial charge in [0, 0.05) is 23.4 Å². The highest BCUT2D eigenvalue weighted by Crippen LogP contribution is 2.41. The Hall–Kier alpha value is -2.79. The summed E-state index contributed by atoms with van der Waals surface area (Å²) in [7, 11) is -2.93. The molecule has 5 rings (SSSR count). The number of anilines is 2. The molecule has 0 fully saturated rings. The first-order chi connectivity index (χ1) is 18.7. The molecule has 1 unspecified atom stereocenters. The fourth-order valence-electron chi connectivity index (χ4n) is 4.83. The van der Waals surface area contributed by atoms with Crippen LogP contribution < -0.4 is 15.4 Å². The van der Waals surface area contributed by atoms with Crippen molar-refractivity contribution in [1.82, 2.24) is 15.3 Å². The number of nitrogens with zero attached hydrogens (tertiary/aromatic N) is 2. The quantitative estimate of drug-likeness (QED) is 0.210. The van der Waals surface area contributed by atoms with Gasteiger partial charge in [0.05, 0.1) is 16.2 Å². The summed E-state index contributed by atoms with van der Waals surface area (Å²) in [4.78, 5) is 11.4. The number of aromatic nitrogens is 2. The van der Waals surface area contributed by atoms with Gasteiger partial charge in [-0.05, 0) is 79.6 Å². The van der Waals surface area contributed by atoms with E-state index in [-0.39, 0.29) is 18.2 Å². The standard InChI is InChI=1S/C28H30ClFN4O3S2/c1-39(35,36)12-11-31-10-9-18-5-7-22-25(14-18)38-28-26(22)27(32-17-33-28)34-21-6-8-24(23(29)15-21)37-16-19-3-2-4-20(30)13-19/h2-4,6,8,13,15,17-18,31H,5,7,9-12,14,16H2,1H3,(H,32,33,34). The maximum atomic E-state index is 13.4. The van der Waals surface area contributed by atoms with E-state index in [0.29, 0.717) is 23.2 Å². The lowest BCUT2D eigenvalue weighted by Gasteiger charge is -2.22. The van der Waals surface area contributed by atoms with Crippen LogP contribution in [-0.4, -0.2) is 43.5 Å². The molecular formula is C28H30ClFN4O3S2. The summed E-state index contributed by atoms with van der Waals surface area (Å²) in [5.41, 5.74) is 2.82. The van der Waals surface area contributed by atoms with E-state index in [9.17, 15) is 12.8 Å². The van der Waals surface area contributed by atoms with Gasteiger partial charge in [-0.2, -0.15) is 0 Å². The van der Waals surface area contributed by atoms with Crippen LogP contribution in [0.2, 0.25) is 5.02 Å². The third kappa shape index (κ3) is 7.25. The van der Waals surface area contributed by atoms with Gasteiger partial charge in [0.25, 0.3) is 0 Å². The molecule has 0 amide bonds. The van der Waals surface area contributed by atoms with Crippen LogP contribution in [0.4, 0.5) is 15.9 Å². The second-order valence-electron chi connectivity index (χ2n) is 9.87. The zero-order chi connectivity index (χ0) is 27.4. The Bertz CT molecular complexity index is 1580. The first-order valence-corrected chi connectivity index (χ1v) is 16.1. The molecule has 0 spiro atoms. The van der Waals surface area contributed by atoms with Gasteiger partial charge in [0.1, 0.15) is 45.0 Å². The number of aryl methyl sites for hydroxylation is 1. The molecule has 0 saturated carbocycles. The molecule has 39 heavy (non-hydrogen) atoms. The number of thiophene rings is 1. The molecule has 2 N–H and O–H groups in total. The van der Waals surface area contributed by atoms with Crippen molar-refractivity contribution in [1.29, 1.82) is 0 Å². The summed E-state index contributed by atoms with van der Waals surface area (Å²) >= 11 is 8.22. The predicted octanol–water partition coefficient (Wildman–Crippen LogP) is 5.94. The number of rotatable bonds is 11. The van der Waals surface area contributed by atoms with E-state index in [1.165, 1.54) is 28.8 Å². The van der Waals surface area contributed by atoms with E-state index in [4.69, 9.17) is 16.3 Å². The second-order valence-corrected chi connectivity index (χ2v) is 13.6. The van der Waals surface area contributed by atoms with Gasteiger partial charge in [0.15, 0.2) is 0 Å². The van der Waals surface area contributed by atoms with E-state index >= 15 is 0 Å². The summed E-state index contributed by atoms with van der Waals surface area (Å²) in [6.07, 6.45) is 6.88. The Morgan fingerprint density at radius 1 is 1.18 bits per heavy atom. The molecule has 1 aliphatic rings. The molecule has 0 saturated heterocycles. The van der Waals surface area contributed by atoms with Crippen LogP contribution in [0.1, 0.15) is 28.8 Å². The molecule has 4 aromatic rings. The smallest absolute Gasteiger partial charge is 0.148 e. The molecule has 2 aromatic carbocycles. The summed E-state index contributed by atoms with van der Waals surface area (Å²) in [5.74, 6) is 1.69. The average molecular weight is 589 g/mol. The van der Waals surface area contributed by atoms with Crippen LogP contribution in [0, 0.1) is 11.7 Å². The first kappa shape index (κ1) is 27.8. The van der Waals surface area contributed by atoms with Crippen LogP contribution in [0.5, 0.6) is 5.75 Å². The van der Waals surface area contributed by atoms with E-state index in [2.05, 4.69) is 20.6 Å². The van der Waals surface area contributed by atoms with Crippen LogP contribution >= 0.6 is 22.9 Å². The minimum atomic E-state index is -2.93. The van der Waals surface area contributed by atoms with Crippen LogP contribution in [0.3, 0.4) is 0 Å². The molecule has 2 heterocycles. The second kappa shape index (κ2) is 12.2. The van der Waals surface area contributed by atoms with Gasteiger partial charge >= 0.3 is 0 Å². The SMILES string of the molecule is CS(=O)(=O)CCNCCC1CCc2c(sc3ncnc(Nc4ccc(OCc5cccc(F)c5)c(Cl)c4)c23)C1. The lowest BCUT2D eigenvalue weighted by Crippen LogP contribution is -2.26. The van der Waals surface area contributed by atoms with Crippen molar-refractivity contribution < 1.29 is 17.5 Å². The van der Waals surface area contributed by atoms with Gasteiger partial charge in [0.2, 0.25) is 0 Å². The first-order valence-electron chi connectivity index (χ1n) is 12.8. The molecule has 0 aliphatic heterocycles. The normalized spacial score (nSPS) is 15.3. The predicted molar refractivity (Wildman–Crippen MR) is 156 cm³/mol. The maximum Gasteiger partial charge on any atom is 0.148 e. The topological polar surface area (TPSA) is 93.2 Å². The molecular weight excluding hydrogens is 559 g/mol. The molecule has 1 aliphatic carbocycles. The van der Waals surface area contributed by atoms with Crippen molar-refractivity contribution in [2.24, 2.45) is 5.92 Å². The van der Waals surface area contributed by atoms with Crippen LogP contribution in [-0.2, 0) is 29.3 Å². The Morgan fingerprint density at radius 2 is 2.05 bits per heavy atom. The van der Waals surface area contributed by atoms with Crippen LogP contribution in [0.15, 0.2) is 48.8 Å². The van der Waals surface area contributed by atoms with E-state index in [1.807, 2.05) is 6.07 Å². The largest absolute Gasteiger partial charge is 0.487 e. The van der Waals surface area contributed by atoms with Crippen LogP contribution in [0.25, 0.3) is 10.2 Å². The number of halogens is 2. The molecule has 2 aromatic heterocycles. The Labute approximate surface area is 236 Å². The van der Waals surface area contributed by atoms with Gasteiger partial charge in [-0.3, -0.25) is 0 Å². The van der Waals surface area contributed by atoms with Crippen molar-refractivity contribution in [3.8, 4) is 5.75 Å². The molecule has 7 nitrogen and oxygen atoms in total. The van der Waals surface area contributed by atoms with Crippen molar-refractivity contribution >= 4 is 54.5 Å². The summed E-state index contributed by atoms with van der Waals surface area (Å²) in [5, 5.41) is 8.18. The Kier molecular flexibility index (Phi) is 8.66. The highest BCUT2D eigenvalue weighted by molar-refractivity contribution is 7.90. The fourth-order valence-corrected chi connectivity index (χ4v) is 6.88. The maximum absolute atomic E-state index is 13.4. The molecule has 206 valence electrons. The number of hydrogen-bond acceptors (Lipinski definition) is 8. The fraction of sp³-hybridized carbons (Fsp3) is 0.357. The molecule has 1 atom stereocenters. The van der Waals surface area contributed by atoms with Crippen molar-refractivity contribution in [3.05, 3.63) is 75.6 Å². The highest BCUT2D eigenvalue weighted by Gasteiger charge is 2.25.